The summed E-state index contributed by atoms with van der Waals surface area (Å²) in [4.78, 5) is 33.1. The molecular weight excluding hydrogens is 385 g/mol. The molecule has 3 atom stereocenters. The maximum atomic E-state index is 12.7. The van der Waals surface area contributed by atoms with Crippen LogP contribution in [0.4, 0.5) is 22.0 Å². The van der Waals surface area contributed by atoms with Gasteiger partial charge in [0.15, 0.2) is 0 Å². The molecule has 2 fully saturated rings. The molecule has 0 saturated carbocycles. The van der Waals surface area contributed by atoms with Crippen molar-refractivity contribution in [1.29, 1.82) is 0 Å². The molecule has 2 aliphatic rings. The first kappa shape index (κ1) is 23.0. The van der Waals surface area contributed by atoms with Gasteiger partial charge in [-0.1, -0.05) is 0 Å². The number of nitrogens with one attached hydrogen (secondary N) is 1. The number of carboxylic acid groups (broad SMARTS) is 1. The zero-order valence-corrected chi connectivity index (χ0v) is 14.0. The first-order valence-corrected chi connectivity index (χ1v) is 7.92. The molecule has 0 bridgehead atoms. The molecule has 8 nitrogen and oxygen atoms in total. The Morgan fingerprint density at radius 3 is 2.26 bits per heavy atom. The Bertz CT molecular complexity index is 564. The van der Waals surface area contributed by atoms with Crippen molar-refractivity contribution < 1.29 is 46.5 Å². The van der Waals surface area contributed by atoms with Crippen LogP contribution in [0.1, 0.15) is 19.3 Å². The lowest BCUT2D eigenvalue weighted by molar-refractivity contribution is -0.192. The molecule has 2 rings (SSSR count). The fraction of sp³-hybridized carbons (Fsp3) is 0.786. The molecule has 2 unspecified atom stereocenters. The number of piperidine rings is 1. The molecule has 0 radical (unpaired) electrons. The number of hydrogen-bond acceptors (Lipinski definition) is 5. The molecule has 2 amide bonds. The van der Waals surface area contributed by atoms with E-state index in [9.17, 15) is 36.6 Å². The number of aliphatic hydroxyl groups excluding tert-OH is 1. The Kier molecular flexibility index (Phi) is 7.48. The van der Waals surface area contributed by atoms with Crippen molar-refractivity contribution in [1.82, 2.24) is 10.2 Å². The van der Waals surface area contributed by atoms with Crippen molar-refractivity contribution >= 4 is 17.8 Å². The van der Waals surface area contributed by atoms with E-state index in [0.717, 1.165) is 11.3 Å². The summed E-state index contributed by atoms with van der Waals surface area (Å²) in [6.45, 7) is -0.742. The van der Waals surface area contributed by atoms with Crippen LogP contribution in [0.5, 0.6) is 0 Å². The lowest BCUT2D eigenvalue weighted by Gasteiger charge is -2.40. The number of carbonyl (C=O) groups is 3. The summed E-state index contributed by atoms with van der Waals surface area (Å²) >= 11 is 0. The Balaban J connectivity index is 0.000000445. The number of carbonyl (C=O) groups excluding carboxylic acids is 2. The minimum atomic E-state index is -5.08. The number of aliphatic carboxylic acids is 1. The number of hydrogen-bond donors (Lipinski definition) is 4. The molecule has 5 N–H and O–H groups in total. The van der Waals surface area contributed by atoms with Crippen LogP contribution >= 0.6 is 0 Å². The fourth-order valence-electron chi connectivity index (χ4n) is 2.56. The predicted octanol–water partition coefficient (Wildman–Crippen LogP) is -0.298. The number of aliphatic hydroxyl groups is 1. The Hall–Kier alpha value is -2.02. The van der Waals surface area contributed by atoms with Crippen molar-refractivity contribution in [2.24, 2.45) is 11.7 Å². The minimum absolute atomic E-state index is 0.137. The van der Waals surface area contributed by atoms with Gasteiger partial charge < -0.3 is 26.2 Å². The highest BCUT2D eigenvalue weighted by molar-refractivity contribution is 5.83. The molecular formula is C14H20F5N3O5. The molecule has 13 heteroatoms. The number of alkyl halides is 5. The highest BCUT2D eigenvalue weighted by Gasteiger charge is 2.48. The maximum absolute atomic E-state index is 12.7. The quantitative estimate of drug-likeness (QED) is 0.475. The maximum Gasteiger partial charge on any atom is 0.490 e. The second-order valence-corrected chi connectivity index (χ2v) is 6.33. The highest BCUT2D eigenvalue weighted by atomic mass is 19.4. The van der Waals surface area contributed by atoms with Crippen LogP contribution in [-0.4, -0.2) is 76.8 Å². The van der Waals surface area contributed by atoms with Crippen LogP contribution in [0, 0.1) is 5.92 Å². The van der Waals surface area contributed by atoms with Crippen LogP contribution in [0.3, 0.4) is 0 Å². The van der Waals surface area contributed by atoms with Crippen molar-refractivity contribution in [3.63, 3.8) is 0 Å². The average molecular weight is 405 g/mol. The van der Waals surface area contributed by atoms with Crippen molar-refractivity contribution in [2.45, 2.75) is 43.5 Å². The van der Waals surface area contributed by atoms with Gasteiger partial charge in [0.1, 0.15) is 6.10 Å². The van der Waals surface area contributed by atoms with E-state index in [-0.39, 0.29) is 18.2 Å². The van der Waals surface area contributed by atoms with Crippen LogP contribution in [0.25, 0.3) is 0 Å². The van der Waals surface area contributed by atoms with E-state index < -0.39 is 49.2 Å². The topological polar surface area (TPSA) is 133 Å². The molecule has 2 aliphatic heterocycles. The Morgan fingerprint density at radius 1 is 1.33 bits per heavy atom. The highest BCUT2D eigenvalue weighted by Crippen LogP contribution is 2.28. The van der Waals surface area contributed by atoms with Gasteiger partial charge >= 0.3 is 12.1 Å². The third kappa shape index (κ3) is 6.90. The van der Waals surface area contributed by atoms with E-state index in [2.05, 4.69) is 5.32 Å². The third-order valence-corrected chi connectivity index (χ3v) is 4.01. The zero-order chi connectivity index (χ0) is 21.0. The molecule has 0 aliphatic carbocycles. The van der Waals surface area contributed by atoms with Gasteiger partial charge in [-0.2, -0.15) is 13.2 Å². The standard InChI is InChI=1S/C12H19F2N3O3.C2HF3O2/c13-12(14)5-17(6-12)11(20)9(18)8(15)4-7-2-1-3-16-10(7)19;3-2(4,5)1(6)7/h7-9,18H,1-6,15H2,(H,16,19);(H,6,7)/t7-,8?,9?;/m0./s1. The molecule has 156 valence electrons. The van der Waals surface area contributed by atoms with Crippen LogP contribution < -0.4 is 11.1 Å². The molecule has 27 heavy (non-hydrogen) atoms. The molecule has 2 saturated heterocycles. The second kappa shape index (κ2) is 8.78. The van der Waals surface area contributed by atoms with E-state index in [1.54, 1.807) is 0 Å². The van der Waals surface area contributed by atoms with Crippen LogP contribution in [0.2, 0.25) is 0 Å². The van der Waals surface area contributed by atoms with Crippen molar-refractivity contribution in [3.05, 3.63) is 0 Å². The lowest BCUT2D eigenvalue weighted by Crippen LogP contribution is -2.62. The van der Waals surface area contributed by atoms with Gasteiger partial charge in [0.25, 0.3) is 11.8 Å². The fourth-order valence-corrected chi connectivity index (χ4v) is 2.56. The predicted molar refractivity (Wildman–Crippen MR) is 79.6 cm³/mol. The molecule has 2 heterocycles. The zero-order valence-electron chi connectivity index (χ0n) is 14.0. The van der Waals surface area contributed by atoms with Crippen LogP contribution in [0.15, 0.2) is 0 Å². The van der Waals surface area contributed by atoms with Gasteiger partial charge in [0, 0.05) is 18.5 Å². The Morgan fingerprint density at radius 2 is 1.85 bits per heavy atom. The summed E-state index contributed by atoms with van der Waals surface area (Å²) in [6.07, 6.45) is -4.97. The van der Waals surface area contributed by atoms with Gasteiger partial charge in [0.2, 0.25) is 5.91 Å². The number of nitrogens with two attached hydrogens (primary N) is 1. The monoisotopic (exact) mass is 405 g/mol. The summed E-state index contributed by atoms with van der Waals surface area (Å²) in [5, 5.41) is 19.6. The lowest BCUT2D eigenvalue weighted by atomic mass is 9.89. The van der Waals surface area contributed by atoms with E-state index in [1.807, 2.05) is 0 Å². The number of halogens is 5. The number of amides is 2. The van der Waals surface area contributed by atoms with E-state index in [1.165, 1.54) is 0 Å². The summed E-state index contributed by atoms with van der Waals surface area (Å²) < 4.78 is 57.1. The van der Waals surface area contributed by atoms with Gasteiger partial charge in [0.05, 0.1) is 13.1 Å². The molecule has 0 aromatic heterocycles. The number of nitrogens with zero attached hydrogens (tertiary/aromatic N) is 1. The number of rotatable bonds is 4. The van der Waals surface area contributed by atoms with Gasteiger partial charge in [-0.15, -0.1) is 0 Å². The van der Waals surface area contributed by atoms with Gasteiger partial charge in [-0.05, 0) is 19.3 Å². The van der Waals surface area contributed by atoms with E-state index in [4.69, 9.17) is 15.6 Å². The molecule has 0 spiro atoms. The summed E-state index contributed by atoms with van der Waals surface area (Å²) in [7, 11) is 0. The summed E-state index contributed by atoms with van der Waals surface area (Å²) in [6, 6.07) is -0.925. The van der Waals surface area contributed by atoms with Gasteiger partial charge in [-0.25, -0.2) is 13.6 Å². The number of carboxylic acids is 1. The third-order valence-electron chi connectivity index (χ3n) is 4.01. The Labute approximate surface area is 150 Å². The van der Waals surface area contributed by atoms with Crippen molar-refractivity contribution in [3.8, 4) is 0 Å². The minimum Gasteiger partial charge on any atom is -0.475 e. The number of likely N-dealkylation sites (tertiary alicyclic amines) is 1. The van der Waals surface area contributed by atoms with Crippen LogP contribution in [-0.2, 0) is 14.4 Å². The van der Waals surface area contributed by atoms with Crippen molar-refractivity contribution in [2.75, 3.05) is 19.6 Å². The second-order valence-electron chi connectivity index (χ2n) is 6.33. The molecule has 0 aromatic carbocycles. The summed E-state index contributed by atoms with van der Waals surface area (Å²) in [5.74, 6) is -6.89. The summed E-state index contributed by atoms with van der Waals surface area (Å²) in [5.41, 5.74) is 5.73. The van der Waals surface area contributed by atoms with E-state index in [0.29, 0.717) is 13.0 Å². The first-order chi connectivity index (χ1) is 12.2. The normalized spacial score (nSPS) is 23.9. The van der Waals surface area contributed by atoms with E-state index >= 15 is 0 Å². The smallest absolute Gasteiger partial charge is 0.475 e. The van der Waals surface area contributed by atoms with Gasteiger partial charge in [-0.3, -0.25) is 9.59 Å². The SMILES string of the molecule is NC(C[C@@H]1CCCNC1=O)C(O)C(=O)N1CC(F)(F)C1.O=C(O)C(F)(F)F. The molecule has 0 aromatic rings. The first-order valence-electron chi connectivity index (χ1n) is 7.92. The largest absolute Gasteiger partial charge is 0.490 e. The average Bonchev–Trinajstić information content (AvgIpc) is 2.53.